The molecule has 0 aliphatic carbocycles. The largest absolute Gasteiger partial charge is 0.481 e. The van der Waals surface area contributed by atoms with Crippen LogP contribution < -0.4 is 0 Å². The number of rotatable bonds is 2. The zero-order chi connectivity index (χ0) is 13.1. The first kappa shape index (κ1) is 24.6. The van der Waals surface area contributed by atoms with Crippen molar-refractivity contribution in [2.24, 2.45) is 0 Å². The molecule has 0 aliphatic rings. The number of aliphatic carboxylic acids is 2. The Morgan fingerprint density at radius 1 is 1.00 bits per heavy atom. The molecular formula is C9H22NO5Zn+. The summed E-state index contributed by atoms with van der Waals surface area (Å²) >= 11 is 0. The van der Waals surface area contributed by atoms with E-state index < -0.39 is 11.9 Å². The molecule has 0 saturated carbocycles. The number of carboxylic acid groups (broad SMARTS) is 2. The van der Waals surface area contributed by atoms with E-state index in [1.165, 1.54) is 0 Å². The van der Waals surface area contributed by atoms with Crippen LogP contribution in [0.5, 0.6) is 0 Å². The molecule has 3 N–H and O–H groups in total. The summed E-state index contributed by atoms with van der Waals surface area (Å²) in [5, 5.41) is 23.2. The average Bonchev–Trinajstić information content (AvgIpc) is 1.79. The Hall–Kier alpha value is -0.517. The third-order valence-corrected chi connectivity index (χ3v) is 0.771. The van der Waals surface area contributed by atoms with E-state index >= 15 is 0 Å². The maximum Gasteiger partial charge on any atom is 0.300 e. The minimum atomic E-state index is -0.833. The van der Waals surface area contributed by atoms with Crippen LogP contribution in [0.25, 0.3) is 0 Å². The van der Waals surface area contributed by atoms with Crippen molar-refractivity contribution in [1.82, 2.24) is 0 Å². The van der Waals surface area contributed by atoms with Gasteiger partial charge in [-0.15, -0.1) is 0 Å². The van der Waals surface area contributed by atoms with E-state index in [4.69, 9.17) is 24.9 Å². The standard InChI is InChI=1S/C5H14NO.2C2H4O2.Zn/c1-6(2,3)4-5-7;2*1-2(3)4;/h7H,4-5H2,1-3H3;2*1H3,(H,3,4);/q+1;;;. The van der Waals surface area contributed by atoms with Gasteiger partial charge in [0.2, 0.25) is 0 Å². The van der Waals surface area contributed by atoms with E-state index in [0.717, 1.165) is 24.9 Å². The molecule has 0 fully saturated rings. The summed E-state index contributed by atoms with van der Waals surface area (Å²) in [6.07, 6.45) is 0. The van der Waals surface area contributed by atoms with Gasteiger partial charge in [-0.25, -0.2) is 0 Å². The first-order valence-corrected chi connectivity index (χ1v) is 4.33. The summed E-state index contributed by atoms with van der Waals surface area (Å²) in [6, 6.07) is 0. The van der Waals surface area contributed by atoms with Crippen LogP contribution in [-0.4, -0.2) is 66.0 Å². The van der Waals surface area contributed by atoms with E-state index in [-0.39, 0.29) is 26.1 Å². The minimum Gasteiger partial charge on any atom is -0.481 e. The summed E-state index contributed by atoms with van der Waals surface area (Å²) in [7, 11) is 6.16. The van der Waals surface area contributed by atoms with Crippen LogP contribution in [0.4, 0.5) is 0 Å². The van der Waals surface area contributed by atoms with E-state index in [0.29, 0.717) is 0 Å². The van der Waals surface area contributed by atoms with E-state index in [1.807, 2.05) is 0 Å². The van der Waals surface area contributed by atoms with Gasteiger partial charge >= 0.3 is 0 Å². The van der Waals surface area contributed by atoms with E-state index in [9.17, 15) is 0 Å². The second kappa shape index (κ2) is 14.5. The van der Waals surface area contributed by atoms with Crippen LogP contribution in [0.2, 0.25) is 0 Å². The Morgan fingerprint density at radius 2 is 1.19 bits per heavy atom. The number of quaternary nitrogens is 1. The molecule has 0 saturated heterocycles. The second-order valence-corrected chi connectivity index (χ2v) is 3.78. The maximum absolute atomic E-state index is 9.00. The van der Waals surface area contributed by atoms with Gasteiger partial charge in [0.15, 0.2) is 0 Å². The first-order chi connectivity index (χ1) is 6.52. The summed E-state index contributed by atoms with van der Waals surface area (Å²) in [5.41, 5.74) is 0. The number of aliphatic hydroxyl groups is 1. The predicted octanol–water partition coefficient (Wildman–Crippen LogP) is -0.136. The molecule has 94 valence electrons. The van der Waals surface area contributed by atoms with Crippen molar-refractivity contribution in [2.75, 3.05) is 34.3 Å². The van der Waals surface area contributed by atoms with Crippen LogP contribution in [0, 0.1) is 0 Å². The molecule has 7 heteroatoms. The van der Waals surface area contributed by atoms with Crippen LogP contribution in [0.15, 0.2) is 0 Å². The average molecular weight is 290 g/mol. The SMILES string of the molecule is CC(=O)O.CC(=O)O.C[N+](C)(C)CCO.[Zn]. The van der Waals surface area contributed by atoms with E-state index in [2.05, 4.69) is 21.1 Å². The molecule has 0 rings (SSSR count). The van der Waals surface area contributed by atoms with Crippen molar-refractivity contribution in [3.8, 4) is 0 Å². The fourth-order valence-corrected chi connectivity index (χ4v) is 0.300. The molecule has 0 radical (unpaired) electrons. The smallest absolute Gasteiger partial charge is 0.300 e. The van der Waals surface area contributed by atoms with Crippen molar-refractivity contribution in [2.45, 2.75) is 13.8 Å². The molecular weight excluding hydrogens is 267 g/mol. The van der Waals surface area contributed by atoms with Gasteiger partial charge in [-0.05, 0) is 0 Å². The van der Waals surface area contributed by atoms with E-state index in [1.54, 1.807) is 0 Å². The second-order valence-electron chi connectivity index (χ2n) is 3.78. The Kier molecular flexibility index (Phi) is 22.3. The van der Waals surface area contributed by atoms with Crippen molar-refractivity contribution in [3.05, 3.63) is 0 Å². The van der Waals surface area contributed by atoms with Crippen molar-refractivity contribution < 1.29 is 48.9 Å². The monoisotopic (exact) mass is 288 g/mol. The third kappa shape index (κ3) is 173. The summed E-state index contributed by atoms with van der Waals surface area (Å²) in [5.74, 6) is -1.67. The predicted molar refractivity (Wildman–Crippen MR) is 56.6 cm³/mol. The van der Waals surface area contributed by atoms with Gasteiger partial charge in [0.05, 0.1) is 27.7 Å². The Labute approximate surface area is 109 Å². The van der Waals surface area contributed by atoms with Gasteiger partial charge in [0.25, 0.3) is 11.9 Å². The molecule has 0 aliphatic heterocycles. The fourth-order valence-electron chi connectivity index (χ4n) is 0.300. The number of hydrogen-bond donors (Lipinski definition) is 3. The number of aliphatic hydroxyl groups excluding tert-OH is 1. The number of hydrogen-bond acceptors (Lipinski definition) is 3. The van der Waals surface area contributed by atoms with Gasteiger partial charge < -0.3 is 19.8 Å². The van der Waals surface area contributed by atoms with Gasteiger partial charge in [-0.1, -0.05) is 0 Å². The maximum atomic E-state index is 9.00. The Morgan fingerprint density at radius 3 is 1.19 bits per heavy atom. The summed E-state index contributed by atoms with van der Waals surface area (Å²) in [4.78, 5) is 18.0. The number of likely N-dealkylation sites (N-methyl/N-ethyl adjacent to an activating group) is 1. The summed E-state index contributed by atoms with van der Waals surface area (Å²) < 4.78 is 0.844. The zero-order valence-corrected chi connectivity index (χ0v) is 13.7. The molecule has 0 bridgehead atoms. The Balaban J connectivity index is -0.0000000700. The molecule has 0 spiro atoms. The molecule has 16 heavy (non-hydrogen) atoms. The first-order valence-electron chi connectivity index (χ1n) is 4.33. The minimum absolute atomic E-state index is 0. The molecule has 0 atom stereocenters. The molecule has 0 unspecified atom stereocenters. The molecule has 0 aromatic carbocycles. The van der Waals surface area contributed by atoms with Crippen LogP contribution in [-0.2, 0) is 29.1 Å². The van der Waals surface area contributed by atoms with Gasteiger partial charge in [0, 0.05) is 33.3 Å². The zero-order valence-electron chi connectivity index (χ0n) is 10.7. The molecule has 0 heterocycles. The normalized spacial score (nSPS) is 8.38. The van der Waals surface area contributed by atoms with Gasteiger partial charge in [0.1, 0.15) is 6.54 Å². The number of nitrogens with zero attached hydrogens (tertiary/aromatic N) is 1. The van der Waals surface area contributed by atoms with Crippen molar-refractivity contribution in [3.63, 3.8) is 0 Å². The molecule has 6 nitrogen and oxygen atoms in total. The molecule has 0 aromatic rings. The molecule has 0 amide bonds. The Bertz CT molecular complexity index is 159. The number of carboxylic acids is 2. The molecule has 0 aromatic heterocycles. The van der Waals surface area contributed by atoms with Crippen LogP contribution in [0.1, 0.15) is 13.8 Å². The van der Waals surface area contributed by atoms with Crippen LogP contribution in [0.3, 0.4) is 0 Å². The topological polar surface area (TPSA) is 94.8 Å². The van der Waals surface area contributed by atoms with Crippen LogP contribution >= 0.6 is 0 Å². The van der Waals surface area contributed by atoms with Gasteiger partial charge in [-0.3, -0.25) is 9.59 Å². The quantitative estimate of drug-likeness (QED) is 0.486. The number of carbonyl (C=O) groups is 2. The summed E-state index contributed by atoms with van der Waals surface area (Å²) in [6.45, 7) is 3.28. The fraction of sp³-hybridized carbons (Fsp3) is 0.778. The van der Waals surface area contributed by atoms with Crippen molar-refractivity contribution >= 4 is 11.9 Å². The third-order valence-electron chi connectivity index (χ3n) is 0.771. The van der Waals surface area contributed by atoms with Gasteiger partial charge in [-0.2, -0.15) is 0 Å². The van der Waals surface area contributed by atoms with Crippen molar-refractivity contribution in [1.29, 1.82) is 0 Å².